The van der Waals surface area contributed by atoms with E-state index in [9.17, 15) is 4.79 Å². The van der Waals surface area contributed by atoms with Gasteiger partial charge in [0.15, 0.2) is 0 Å². The summed E-state index contributed by atoms with van der Waals surface area (Å²) in [4.78, 5) is 14.6. The Morgan fingerprint density at radius 1 is 1.17 bits per heavy atom. The van der Waals surface area contributed by atoms with Gasteiger partial charge in [-0.2, -0.15) is 5.10 Å². The van der Waals surface area contributed by atoms with Crippen molar-refractivity contribution in [3.63, 3.8) is 0 Å². The second kappa shape index (κ2) is 5.09. The lowest BCUT2D eigenvalue weighted by Crippen LogP contribution is -2.05. The van der Waals surface area contributed by atoms with E-state index in [2.05, 4.69) is 30.1 Å². The summed E-state index contributed by atoms with van der Waals surface area (Å²) in [5.74, 6) is 0. The number of pyridine rings is 1. The van der Waals surface area contributed by atoms with Crippen molar-refractivity contribution in [1.82, 2.24) is 14.8 Å². The molecule has 4 nitrogen and oxygen atoms in total. The number of rotatable bonds is 2. The average molecular weight is 303 g/mol. The number of hydrogen-bond donors (Lipinski definition) is 1. The van der Waals surface area contributed by atoms with Crippen LogP contribution >= 0.6 is 0 Å². The number of H-pyrrole nitrogens is 1. The molecule has 4 heteroatoms. The smallest absolute Gasteiger partial charge is 0.255 e. The highest BCUT2D eigenvalue weighted by molar-refractivity contribution is 5.88. The first kappa shape index (κ1) is 13.8. The van der Waals surface area contributed by atoms with Crippen LogP contribution in [-0.4, -0.2) is 14.8 Å². The molecular formula is C19H17N3O. The van der Waals surface area contributed by atoms with Crippen molar-refractivity contribution in [2.24, 2.45) is 0 Å². The van der Waals surface area contributed by atoms with Crippen LogP contribution in [0.15, 0.2) is 53.5 Å². The lowest BCUT2D eigenvalue weighted by atomic mass is 10.1. The molecule has 0 bridgehead atoms. The molecule has 0 aliphatic rings. The number of benzene rings is 2. The molecule has 114 valence electrons. The Hall–Kier alpha value is -2.88. The third-order valence-electron chi connectivity index (χ3n) is 4.35. The highest BCUT2D eigenvalue weighted by Crippen LogP contribution is 2.26. The molecule has 23 heavy (non-hydrogen) atoms. The van der Waals surface area contributed by atoms with Crippen molar-refractivity contribution in [3.05, 3.63) is 70.3 Å². The van der Waals surface area contributed by atoms with Crippen LogP contribution < -0.4 is 5.56 Å². The van der Waals surface area contributed by atoms with Crippen molar-refractivity contribution in [1.29, 1.82) is 0 Å². The Bertz CT molecular complexity index is 1090. The van der Waals surface area contributed by atoms with E-state index in [0.29, 0.717) is 5.39 Å². The number of fused-ring (bicyclic) bond motifs is 2. The van der Waals surface area contributed by atoms with E-state index in [4.69, 9.17) is 5.10 Å². The van der Waals surface area contributed by atoms with E-state index in [1.807, 2.05) is 35.9 Å². The Kier molecular flexibility index (Phi) is 3.05. The molecule has 0 aliphatic heterocycles. The lowest BCUT2D eigenvalue weighted by molar-refractivity contribution is 0.890. The number of nitrogens with one attached hydrogen (secondary N) is 1. The highest BCUT2D eigenvalue weighted by Gasteiger charge is 2.12. The molecule has 2 aromatic heterocycles. The van der Waals surface area contributed by atoms with Crippen LogP contribution in [0, 0.1) is 6.92 Å². The minimum absolute atomic E-state index is 0.0659. The van der Waals surface area contributed by atoms with Crippen LogP contribution in [0.3, 0.4) is 0 Å². The maximum absolute atomic E-state index is 11.8. The predicted octanol–water partition coefficient (Wildman–Crippen LogP) is 3.74. The van der Waals surface area contributed by atoms with E-state index in [0.717, 1.165) is 28.7 Å². The number of nitrogens with zero attached hydrogens (tertiary/aromatic N) is 2. The quantitative estimate of drug-likeness (QED) is 0.613. The molecule has 0 fully saturated rings. The van der Waals surface area contributed by atoms with Gasteiger partial charge in [0.05, 0.1) is 16.9 Å². The SMILES string of the molecule is CCc1cccc2c1c(C)nn2-c1ccc2c(=O)[nH]ccc2c1. The molecular weight excluding hydrogens is 286 g/mol. The van der Waals surface area contributed by atoms with Gasteiger partial charge in [-0.05, 0) is 54.6 Å². The summed E-state index contributed by atoms with van der Waals surface area (Å²) in [6, 6.07) is 14.0. The molecule has 0 aliphatic carbocycles. The van der Waals surface area contributed by atoms with Crippen molar-refractivity contribution in [3.8, 4) is 5.69 Å². The first-order chi connectivity index (χ1) is 11.2. The zero-order valence-electron chi connectivity index (χ0n) is 13.1. The Labute approximate surface area is 133 Å². The molecule has 0 saturated carbocycles. The topological polar surface area (TPSA) is 50.7 Å². The largest absolute Gasteiger partial charge is 0.329 e. The Morgan fingerprint density at radius 2 is 2.04 bits per heavy atom. The summed E-state index contributed by atoms with van der Waals surface area (Å²) in [5, 5.41) is 7.56. The van der Waals surface area contributed by atoms with Crippen LogP contribution in [0.1, 0.15) is 18.2 Å². The van der Waals surface area contributed by atoms with Crippen LogP contribution in [0.4, 0.5) is 0 Å². The van der Waals surface area contributed by atoms with Crippen LogP contribution in [0.5, 0.6) is 0 Å². The summed E-state index contributed by atoms with van der Waals surface area (Å²) >= 11 is 0. The highest BCUT2D eigenvalue weighted by atomic mass is 16.1. The molecule has 0 radical (unpaired) electrons. The standard InChI is InChI=1S/C19H17N3O/c1-3-13-5-4-6-17-18(13)12(2)21-22(17)15-7-8-16-14(11-15)9-10-20-19(16)23/h4-11H,3H2,1-2H3,(H,20,23). The van der Waals surface area contributed by atoms with E-state index in [1.54, 1.807) is 6.20 Å². The number of aromatic amines is 1. The average Bonchev–Trinajstić information content (AvgIpc) is 2.92. The van der Waals surface area contributed by atoms with Gasteiger partial charge in [-0.3, -0.25) is 4.79 Å². The van der Waals surface area contributed by atoms with Gasteiger partial charge in [0.2, 0.25) is 0 Å². The van der Waals surface area contributed by atoms with Gasteiger partial charge in [0.1, 0.15) is 0 Å². The fraction of sp³-hybridized carbons (Fsp3) is 0.158. The first-order valence-corrected chi connectivity index (χ1v) is 7.78. The summed E-state index contributed by atoms with van der Waals surface area (Å²) in [6.07, 6.45) is 2.66. The molecule has 2 aromatic carbocycles. The molecule has 0 spiro atoms. The number of hydrogen-bond acceptors (Lipinski definition) is 2. The van der Waals surface area contributed by atoms with Crippen molar-refractivity contribution in [2.75, 3.05) is 0 Å². The van der Waals surface area contributed by atoms with Crippen LogP contribution in [-0.2, 0) is 6.42 Å². The number of aromatic nitrogens is 3. The Morgan fingerprint density at radius 3 is 2.87 bits per heavy atom. The van der Waals surface area contributed by atoms with Gasteiger partial charge < -0.3 is 4.98 Å². The van der Waals surface area contributed by atoms with E-state index < -0.39 is 0 Å². The predicted molar refractivity (Wildman–Crippen MR) is 93.3 cm³/mol. The monoisotopic (exact) mass is 303 g/mol. The fourth-order valence-corrected chi connectivity index (χ4v) is 3.24. The second-order valence-electron chi connectivity index (χ2n) is 5.74. The molecule has 4 rings (SSSR count). The zero-order chi connectivity index (χ0) is 16.0. The molecule has 0 atom stereocenters. The Balaban J connectivity index is 2.01. The van der Waals surface area contributed by atoms with Crippen LogP contribution in [0.25, 0.3) is 27.4 Å². The first-order valence-electron chi connectivity index (χ1n) is 7.78. The molecule has 0 amide bonds. The summed E-state index contributed by atoms with van der Waals surface area (Å²) in [7, 11) is 0. The minimum atomic E-state index is -0.0659. The lowest BCUT2D eigenvalue weighted by Gasteiger charge is -2.06. The van der Waals surface area contributed by atoms with E-state index >= 15 is 0 Å². The van der Waals surface area contributed by atoms with Crippen molar-refractivity contribution < 1.29 is 0 Å². The maximum atomic E-state index is 11.8. The third kappa shape index (κ3) is 2.06. The summed E-state index contributed by atoms with van der Waals surface area (Å²) in [5.41, 5.74) is 4.34. The van der Waals surface area contributed by atoms with E-state index in [1.165, 1.54) is 10.9 Å². The summed E-state index contributed by atoms with van der Waals surface area (Å²) < 4.78 is 1.96. The minimum Gasteiger partial charge on any atom is -0.329 e. The maximum Gasteiger partial charge on any atom is 0.255 e. The van der Waals surface area contributed by atoms with Gasteiger partial charge in [-0.25, -0.2) is 4.68 Å². The zero-order valence-corrected chi connectivity index (χ0v) is 13.1. The van der Waals surface area contributed by atoms with E-state index in [-0.39, 0.29) is 5.56 Å². The molecule has 4 aromatic rings. The molecule has 0 saturated heterocycles. The van der Waals surface area contributed by atoms with Crippen molar-refractivity contribution >= 4 is 21.7 Å². The van der Waals surface area contributed by atoms with Gasteiger partial charge in [-0.1, -0.05) is 19.1 Å². The number of aryl methyl sites for hydroxylation is 2. The second-order valence-corrected chi connectivity index (χ2v) is 5.74. The molecule has 2 heterocycles. The summed E-state index contributed by atoms with van der Waals surface area (Å²) in [6.45, 7) is 4.21. The fourth-order valence-electron chi connectivity index (χ4n) is 3.24. The van der Waals surface area contributed by atoms with Crippen molar-refractivity contribution in [2.45, 2.75) is 20.3 Å². The van der Waals surface area contributed by atoms with Gasteiger partial charge >= 0.3 is 0 Å². The third-order valence-corrected chi connectivity index (χ3v) is 4.35. The molecule has 0 unspecified atom stereocenters. The van der Waals surface area contributed by atoms with Crippen LogP contribution in [0.2, 0.25) is 0 Å². The van der Waals surface area contributed by atoms with Gasteiger partial charge in [-0.15, -0.1) is 0 Å². The molecule has 1 N–H and O–H groups in total. The van der Waals surface area contributed by atoms with Gasteiger partial charge in [0.25, 0.3) is 5.56 Å². The normalized spacial score (nSPS) is 11.4. The van der Waals surface area contributed by atoms with Gasteiger partial charge in [0, 0.05) is 17.0 Å².